The molecular formula is C29H32Cl2FN3O4S. The van der Waals surface area contributed by atoms with E-state index in [2.05, 4.69) is 5.32 Å². The minimum absolute atomic E-state index is 0.00662. The fraction of sp³-hybridized carbons (Fsp3) is 0.310. The highest BCUT2D eigenvalue weighted by atomic mass is 35.5. The van der Waals surface area contributed by atoms with Gasteiger partial charge in [0.1, 0.15) is 18.4 Å². The number of nitrogens with one attached hydrogen (secondary N) is 1. The molecule has 11 heteroatoms. The molecule has 0 bridgehead atoms. The Kier molecular flexibility index (Phi) is 11.0. The normalized spacial score (nSPS) is 12.8. The van der Waals surface area contributed by atoms with Crippen LogP contribution in [0.4, 0.5) is 10.1 Å². The monoisotopic (exact) mass is 607 g/mol. The third-order valence-corrected chi connectivity index (χ3v) is 8.78. The molecule has 3 aromatic carbocycles. The Bertz CT molecular complexity index is 1420. The first kappa shape index (κ1) is 31.4. The molecule has 0 saturated carbocycles. The molecular weight excluding hydrogens is 576 g/mol. The molecule has 0 heterocycles. The molecule has 0 unspecified atom stereocenters. The van der Waals surface area contributed by atoms with Crippen molar-refractivity contribution in [1.29, 1.82) is 0 Å². The van der Waals surface area contributed by atoms with Crippen molar-refractivity contribution in [3.05, 3.63) is 94.2 Å². The molecule has 0 aliphatic carbocycles. The highest BCUT2D eigenvalue weighted by molar-refractivity contribution is 7.92. The second kappa shape index (κ2) is 14.0. The Balaban J connectivity index is 2.06. The smallest absolute Gasteiger partial charge is 0.264 e. The zero-order valence-corrected chi connectivity index (χ0v) is 24.8. The van der Waals surface area contributed by atoms with E-state index in [9.17, 15) is 22.4 Å². The molecule has 1 N–H and O–H groups in total. The molecule has 0 spiro atoms. The Labute approximate surface area is 244 Å². The van der Waals surface area contributed by atoms with Crippen LogP contribution in [0, 0.1) is 5.82 Å². The predicted molar refractivity (Wildman–Crippen MR) is 156 cm³/mol. The first-order valence-corrected chi connectivity index (χ1v) is 15.0. The number of halogens is 3. The number of anilines is 1. The molecule has 7 nitrogen and oxygen atoms in total. The molecule has 0 aromatic heterocycles. The third kappa shape index (κ3) is 7.74. The summed E-state index contributed by atoms with van der Waals surface area (Å²) in [5, 5.41) is 3.14. The van der Waals surface area contributed by atoms with Gasteiger partial charge >= 0.3 is 0 Å². The van der Waals surface area contributed by atoms with Crippen LogP contribution in [-0.4, -0.2) is 43.8 Å². The summed E-state index contributed by atoms with van der Waals surface area (Å²) in [7, 11) is -4.28. The van der Waals surface area contributed by atoms with Gasteiger partial charge in [0.05, 0.1) is 15.6 Å². The maximum absolute atomic E-state index is 14.0. The van der Waals surface area contributed by atoms with Crippen LogP contribution in [0.1, 0.15) is 39.2 Å². The fourth-order valence-electron chi connectivity index (χ4n) is 4.04. The number of benzene rings is 3. The highest BCUT2D eigenvalue weighted by Gasteiger charge is 2.34. The van der Waals surface area contributed by atoms with Gasteiger partial charge in [-0.25, -0.2) is 12.8 Å². The molecule has 214 valence electrons. The Hall–Kier alpha value is -3.14. The number of hydrogen-bond acceptors (Lipinski definition) is 4. The van der Waals surface area contributed by atoms with E-state index >= 15 is 0 Å². The van der Waals surface area contributed by atoms with E-state index in [1.165, 1.54) is 23.1 Å². The van der Waals surface area contributed by atoms with Gasteiger partial charge in [-0.05, 0) is 67.8 Å². The van der Waals surface area contributed by atoms with Crippen molar-refractivity contribution in [3.8, 4) is 0 Å². The van der Waals surface area contributed by atoms with Crippen LogP contribution in [0.3, 0.4) is 0 Å². The summed E-state index contributed by atoms with van der Waals surface area (Å²) < 4.78 is 42.4. The molecule has 2 atom stereocenters. The SMILES string of the molecule is CC[C@H](C(=O)N[C@@H](C)CC)N(Cc1ccc(Cl)cc1)C(=O)CN(c1ccc(F)c(Cl)c1)S(=O)(=O)c1ccccc1. The van der Waals surface area contributed by atoms with Crippen molar-refractivity contribution >= 4 is 50.7 Å². The van der Waals surface area contributed by atoms with Crippen LogP contribution in [0.15, 0.2) is 77.7 Å². The zero-order valence-electron chi connectivity index (χ0n) is 22.5. The van der Waals surface area contributed by atoms with Crippen molar-refractivity contribution in [2.75, 3.05) is 10.8 Å². The van der Waals surface area contributed by atoms with Gasteiger partial charge in [-0.3, -0.25) is 13.9 Å². The fourth-order valence-corrected chi connectivity index (χ4v) is 5.76. The van der Waals surface area contributed by atoms with E-state index in [0.717, 1.165) is 16.4 Å². The van der Waals surface area contributed by atoms with E-state index in [1.54, 1.807) is 49.4 Å². The number of carbonyl (C=O) groups is 2. The summed E-state index contributed by atoms with van der Waals surface area (Å²) in [6, 6.07) is 16.8. The van der Waals surface area contributed by atoms with Crippen molar-refractivity contribution in [2.45, 2.75) is 57.1 Å². The van der Waals surface area contributed by atoms with Gasteiger partial charge in [0.15, 0.2) is 0 Å². The first-order valence-electron chi connectivity index (χ1n) is 12.8. The second-order valence-corrected chi connectivity index (χ2v) is 12.0. The topological polar surface area (TPSA) is 86.8 Å². The number of rotatable bonds is 12. The van der Waals surface area contributed by atoms with Crippen molar-refractivity contribution in [2.24, 2.45) is 0 Å². The van der Waals surface area contributed by atoms with Crippen LogP contribution in [-0.2, 0) is 26.2 Å². The number of nitrogens with zero attached hydrogens (tertiary/aromatic N) is 2. The molecule has 3 aromatic rings. The van der Waals surface area contributed by atoms with Crippen molar-refractivity contribution in [1.82, 2.24) is 10.2 Å². The Morgan fingerprint density at radius 3 is 2.17 bits per heavy atom. The van der Waals surface area contributed by atoms with Crippen LogP contribution < -0.4 is 9.62 Å². The molecule has 2 amide bonds. The summed E-state index contributed by atoms with van der Waals surface area (Å²) in [6.07, 6.45) is 0.983. The van der Waals surface area contributed by atoms with Crippen LogP contribution >= 0.6 is 23.2 Å². The minimum Gasteiger partial charge on any atom is -0.352 e. The third-order valence-electron chi connectivity index (χ3n) is 6.45. The Morgan fingerprint density at radius 1 is 0.950 bits per heavy atom. The van der Waals surface area contributed by atoms with Crippen LogP contribution in [0.25, 0.3) is 0 Å². The summed E-state index contributed by atoms with van der Waals surface area (Å²) in [6.45, 7) is 4.96. The summed E-state index contributed by atoms with van der Waals surface area (Å²) >= 11 is 12.0. The lowest BCUT2D eigenvalue weighted by atomic mass is 10.1. The largest absolute Gasteiger partial charge is 0.352 e. The molecule has 0 aliphatic heterocycles. The zero-order chi connectivity index (χ0) is 29.4. The van der Waals surface area contributed by atoms with Crippen molar-refractivity contribution in [3.63, 3.8) is 0 Å². The van der Waals surface area contributed by atoms with Crippen molar-refractivity contribution < 1.29 is 22.4 Å². The summed E-state index contributed by atoms with van der Waals surface area (Å²) in [4.78, 5) is 28.6. The maximum Gasteiger partial charge on any atom is 0.264 e. The van der Waals surface area contributed by atoms with Gasteiger partial charge in [0, 0.05) is 17.6 Å². The van der Waals surface area contributed by atoms with E-state index < -0.39 is 34.3 Å². The summed E-state index contributed by atoms with van der Waals surface area (Å²) in [5.74, 6) is -1.70. The van der Waals surface area contributed by atoms with Gasteiger partial charge < -0.3 is 10.2 Å². The van der Waals surface area contributed by atoms with Gasteiger partial charge in [0.25, 0.3) is 10.0 Å². The molecule has 0 radical (unpaired) electrons. The number of sulfonamides is 1. The van der Waals surface area contributed by atoms with Crippen LogP contribution in [0.5, 0.6) is 0 Å². The minimum atomic E-state index is -4.28. The van der Waals surface area contributed by atoms with Gasteiger partial charge in [0.2, 0.25) is 11.8 Å². The standard InChI is InChI=1S/C29H32Cl2FN3O4S/c1-4-20(3)33-29(37)27(5-2)34(18-21-11-13-22(30)14-12-21)28(36)19-35(23-15-16-26(32)25(31)17-23)40(38,39)24-9-7-6-8-10-24/h6-17,20,27H,4-5,18-19H2,1-3H3,(H,33,37)/t20-,27+/m0/s1. The van der Waals surface area contributed by atoms with Crippen LogP contribution in [0.2, 0.25) is 10.0 Å². The van der Waals surface area contributed by atoms with E-state index in [0.29, 0.717) is 17.0 Å². The van der Waals surface area contributed by atoms with Gasteiger partial charge in [-0.2, -0.15) is 0 Å². The highest BCUT2D eigenvalue weighted by Crippen LogP contribution is 2.28. The molecule has 40 heavy (non-hydrogen) atoms. The molecule has 0 fully saturated rings. The second-order valence-electron chi connectivity index (χ2n) is 9.31. The lowest BCUT2D eigenvalue weighted by molar-refractivity contribution is -0.140. The van der Waals surface area contributed by atoms with E-state index in [-0.39, 0.29) is 40.5 Å². The van der Waals surface area contributed by atoms with E-state index in [1.807, 2.05) is 13.8 Å². The number of carbonyl (C=O) groups excluding carboxylic acids is 2. The lowest BCUT2D eigenvalue weighted by Crippen LogP contribution is -2.53. The predicted octanol–water partition coefficient (Wildman–Crippen LogP) is 6.05. The quantitative estimate of drug-likeness (QED) is 0.271. The average Bonchev–Trinajstić information content (AvgIpc) is 2.94. The van der Waals surface area contributed by atoms with E-state index in [4.69, 9.17) is 23.2 Å². The maximum atomic E-state index is 14.0. The molecule has 0 saturated heterocycles. The van der Waals surface area contributed by atoms with Gasteiger partial charge in [-0.1, -0.05) is 67.4 Å². The Morgan fingerprint density at radius 2 is 1.60 bits per heavy atom. The molecule has 3 rings (SSSR count). The summed E-state index contributed by atoms with van der Waals surface area (Å²) in [5.41, 5.74) is 0.710. The number of amides is 2. The average molecular weight is 609 g/mol. The first-order chi connectivity index (χ1) is 19.0. The van der Waals surface area contributed by atoms with Gasteiger partial charge in [-0.15, -0.1) is 0 Å². The molecule has 0 aliphatic rings. The number of hydrogen-bond donors (Lipinski definition) is 1. The lowest BCUT2D eigenvalue weighted by Gasteiger charge is -2.33.